The van der Waals surface area contributed by atoms with Crippen LogP contribution in [-0.4, -0.2) is 41.7 Å². The summed E-state index contributed by atoms with van der Waals surface area (Å²) in [5.41, 5.74) is 5.20. The number of hydrogen-bond acceptors (Lipinski definition) is 4. The maximum absolute atomic E-state index is 12.0. The average Bonchev–Trinajstić information content (AvgIpc) is 2.46. The van der Waals surface area contributed by atoms with Gasteiger partial charge in [-0.2, -0.15) is 0 Å². The number of ether oxygens (including phenoxy) is 2. The van der Waals surface area contributed by atoms with Crippen LogP contribution in [0.25, 0.3) is 0 Å². The zero-order valence-electron chi connectivity index (χ0n) is 13.9. The molecule has 1 aliphatic heterocycles. The molecule has 1 aromatic rings. The Hall–Kier alpha value is -2.24. The summed E-state index contributed by atoms with van der Waals surface area (Å²) in [5.74, 6) is 0.146. The predicted octanol–water partition coefficient (Wildman–Crippen LogP) is 2.56. The number of nitrogens with two attached hydrogens (primary N) is 1. The molecule has 23 heavy (non-hydrogen) atoms. The zero-order valence-corrected chi connectivity index (χ0v) is 13.9. The molecule has 0 aromatic heterocycles. The fourth-order valence-corrected chi connectivity index (χ4v) is 2.40. The molecule has 6 nitrogen and oxygen atoms in total. The van der Waals surface area contributed by atoms with Gasteiger partial charge in [0, 0.05) is 31.5 Å². The Morgan fingerprint density at radius 2 is 1.87 bits per heavy atom. The van der Waals surface area contributed by atoms with Gasteiger partial charge in [-0.25, -0.2) is 4.79 Å². The maximum Gasteiger partial charge on any atom is 0.410 e. The maximum atomic E-state index is 12.0. The van der Waals surface area contributed by atoms with Crippen LogP contribution in [0.15, 0.2) is 24.3 Å². The van der Waals surface area contributed by atoms with Crippen molar-refractivity contribution in [1.29, 1.82) is 0 Å². The van der Waals surface area contributed by atoms with E-state index in [1.54, 1.807) is 29.2 Å². The molecule has 0 aliphatic carbocycles. The first kappa shape index (κ1) is 17.1. The molecule has 2 amide bonds. The van der Waals surface area contributed by atoms with Crippen molar-refractivity contribution >= 4 is 12.0 Å². The second-order valence-corrected chi connectivity index (χ2v) is 6.68. The zero-order chi connectivity index (χ0) is 17.0. The van der Waals surface area contributed by atoms with Gasteiger partial charge in [-0.1, -0.05) is 6.07 Å². The number of primary amides is 1. The SMILES string of the molecule is CC(C)(C)OC(=O)N1CCC(Oc2cccc(C(N)=O)c2)CC1. The lowest BCUT2D eigenvalue weighted by molar-refractivity contribution is 0.0126. The van der Waals surface area contributed by atoms with Gasteiger partial charge in [-0.15, -0.1) is 0 Å². The molecular formula is C17H24N2O4. The highest BCUT2D eigenvalue weighted by Gasteiger charge is 2.27. The number of carbonyl (C=O) groups is 2. The van der Waals surface area contributed by atoms with Crippen molar-refractivity contribution in [2.45, 2.75) is 45.3 Å². The van der Waals surface area contributed by atoms with Gasteiger partial charge in [-0.3, -0.25) is 4.79 Å². The minimum atomic E-state index is -0.486. The van der Waals surface area contributed by atoms with Gasteiger partial charge < -0.3 is 20.1 Å². The fraction of sp³-hybridized carbons (Fsp3) is 0.529. The van der Waals surface area contributed by atoms with Crippen LogP contribution in [0.2, 0.25) is 0 Å². The molecule has 0 atom stereocenters. The number of rotatable bonds is 3. The molecule has 1 heterocycles. The minimum Gasteiger partial charge on any atom is -0.490 e. The molecule has 0 unspecified atom stereocenters. The van der Waals surface area contributed by atoms with E-state index in [2.05, 4.69) is 0 Å². The fourth-order valence-electron chi connectivity index (χ4n) is 2.40. The normalized spacial score (nSPS) is 16.0. The molecule has 126 valence electrons. The molecule has 2 rings (SSSR count). The van der Waals surface area contributed by atoms with Crippen LogP contribution in [0.3, 0.4) is 0 Å². The number of amides is 2. The molecule has 2 N–H and O–H groups in total. The van der Waals surface area contributed by atoms with Crippen LogP contribution >= 0.6 is 0 Å². The minimum absolute atomic E-state index is 0.0109. The summed E-state index contributed by atoms with van der Waals surface area (Å²) in [6.45, 7) is 6.75. The molecule has 0 radical (unpaired) electrons. The van der Waals surface area contributed by atoms with Gasteiger partial charge in [0.05, 0.1) is 0 Å². The van der Waals surface area contributed by atoms with E-state index >= 15 is 0 Å². The van der Waals surface area contributed by atoms with Crippen LogP contribution in [-0.2, 0) is 4.74 Å². The number of carbonyl (C=O) groups excluding carboxylic acids is 2. The monoisotopic (exact) mass is 320 g/mol. The molecule has 6 heteroatoms. The number of nitrogens with zero attached hydrogens (tertiary/aromatic N) is 1. The Labute approximate surface area is 136 Å². The Bertz CT molecular complexity index is 572. The molecular weight excluding hydrogens is 296 g/mol. The number of benzene rings is 1. The van der Waals surface area contributed by atoms with Crippen molar-refractivity contribution in [2.75, 3.05) is 13.1 Å². The Balaban J connectivity index is 1.86. The molecule has 0 spiro atoms. The summed E-state index contributed by atoms with van der Waals surface area (Å²) in [5, 5.41) is 0. The lowest BCUT2D eigenvalue weighted by Gasteiger charge is -2.33. The van der Waals surface area contributed by atoms with Crippen molar-refractivity contribution in [3.8, 4) is 5.75 Å². The summed E-state index contributed by atoms with van der Waals surface area (Å²) in [7, 11) is 0. The highest BCUT2D eigenvalue weighted by Crippen LogP contribution is 2.21. The summed E-state index contributed by atoms with van der Waals surface area (Å²) >= 11 is 0. The summed E-state index contributed by atoms with van der Waals surface area (Å²) in [6, 6.07) is 6.83. The Morgan fingerprint density at radius 1 is 1.22 bits per heavy atom. The van der Waals surface area contributed by atoms with E-state index in [-0.39, 0.29) is 12.2 Å². The molecule has 0 bridgehead atoms. The van der Waals surface area contributed by atoms with Crippen LogP contribution in [0.5, 0.6) is 5.75 Å². The van der Waals surface area contributed by atoms with Crippen LogP contribution in [0.4, 0.5) is 4.79 Å². The van der Waals surface area contributed by atoms with Gasteiger partial charge in [0.2, 0.25) is 5.91 Å². The van der Waals surface area contributed by atoms with Gasteiger partial charge in [0.25, 0.3) is 0 Å². The number of hydrogen-bond donors (Lipinski definition) is 1. The van der Waals surface area contributed by atoms with E-state index in [0.717, 1.165) is 12.8 Å². The third-order valence-corrected chi connectivity index (χ3v) is 3.51. The van der Waals surface area contributed by atoms with Gasteiger partial charge >= 0.3 is 6.09 Å². The van der Waals surface area contributed by atoms with E-state index in [4.69, 9.17) is 15.2 Å². The lowest BCUT2D eigenvalue weighted by Crippen LogP contribution is -2.44. The Morgan fingerprint density at radius 3 is 2.43 bits per heavy atom. The Kier molecular flexibility index (Phi) is 5.13. The van der Waals surface area contributed by atoms with Gasteiger partial charge in [0.1, 0.15) is 17.5 Å². The summed E-state index contributed by atoms with van der Waals surface area (Å²) in [4.78, 5) is 24.9. The van der Waals surface area contributed by atoms with Crippen molar-refractivity contribution in [3.05, 3.63) is 29.8 Å². The first-order valence-corrected chi connectivity index (χ1v) is 7.79. The van der Waals surface area contributed by atoms with Crippen molar-refractivity contribution in [1.82, 2.24) is 4.90 Å². The van der Waals surface area contributed by atoms with E-state index in [0.29, 0.717) is 24.4 Å². The first-order valence-electron chi connectivity index (χ1n) is 7.79. The van der Waals surface area contributed by atoms with Crippen molar-refractivity contribution < 1.29 is 19.1 Å². The smallest absolute Gasteiger partial charge is 0.410 e. The van der Waals surface area contributed by atoms with Crippen LogP contribution in [0.1, 0.15) is 44.0 Å². The standard InChI is InChI=1S/C17H24N2O4/c1-17(2,3)23-16(21)19-9-7-13(8-10-19)22-14-6-4-5-12(11-14)15(18)20/h4-6,11,13H,7-10H2,1-3H3,(H2,18,20). The van der Waals surface area contributed by atoms with E-state index in [9.17, 15) is 9.59 Å². The van der Waals surface area contributed by atoms with Crippen molar-refractivity contribution in [3.63, 3.8) is 0 Å². The quantitative estimate of drug-likeness (QED) is 0.928. The molecule has 0 saturated carbocycles. The van der Waals surface area contributed by atoms with Gasteiger partial charge in [0.15, 0.2) is 0 Å². The molecule has 1 aliphatic rings. The highest BCUT2D eigenvalue weighted by atomic mass is 16.6. The first-order chi connectivity index (χ1) is 10.7. The molecule has 1 saturated heterocycles. The second kappa shape index (κ2) is 6.89. The lowest BCUT2D eigenvalue weighted by atomic mass is 10.1. The number of piperidine rings is 1. The second-order valence-electron chi connectivity index (χ2n) is 6.68. The average molecular weight is 320 g/mol. The highest BCUT2D eigenvalue weighted by molar-refractivity contribution is 5.93. The number of likely N-dealkylation sites (tertiary alicyclic amines) is 1. The van der Waals surface area contributed by atoms with Crippen LogP contribution in [0, 0.1) is 0 Å². The topological polar surface area (TPSA) is 81.9 Å². The van der Waals surface area contributed by atoms with E-state index in [1.807, 2.05) is 20.8 Å². The van der Waals surface area contributed by atoms with Gasteiger partial charge in [-0.05, 0) is 39.0 Å². The summed E-state index contributed by atoms with van der Waals surface area (Å²) in [6.07, 6.45) is 1.17. The summed E-state index contributed by atoms with van der Waals surface area (Å²) < 4.78 is 11.3. The predicted molar refractivity (Wildman–Crippen MR) is 86.4 cm³/mol. The molecule has 1 fully saturated rings. The van der Waals surface area contributed by atoms with Crippen molar-refractivity contribution in [2.24, 2.45) is 5.73 Å². The largest absolute Gasteiger partial charge is 0.490 e. The van der Waals surface area contributed by atoms with E-state index in [1.165, 1.54) is 0 Å². The van der Waals surface area contributed by atoms with Crippen LogP contribution < -0.4 is 10.5 Å². The van der Waals surface area contributed by atoms with E-state index < -0.39 is 11.5 Å². The third-order valence-electron chi connectivity index (χ3n) is 3.51. The molecule has 1 aromatic carbocycles. The third kappa shape index (κ3) is 5.16.